The molecule has 0 aliphatic rings. The summed E-state index contributed by atoms with van der Waals surface area (Å²) in [6, 6.07) is 30.7. The van der Waals surface area contributed by atoms with Gasteiger partial charge in [-0.25, -0.2) is 24.9 Å². The van der Waals surface area contributed by atoms with Gasteiger partial charge in [-0.3, -0.25) is 9.78 Å². The van der Waals surface area contributed by atoms with Crippen molar-refractivity contribution in [3.8, 4) is 11.5 Å². The minimum Gasteiger partial charge on any atom is -0.505 e. The van der Waals surface area contributed by atoms with E-state index >= 15 is 0 Å². The fourth-order valence-electron chi connectivity index (χ4n) is 11.5. The summed E-state index contributed by atoms with van der Waals surface area (Å²) in [4.78, 5) is 43.0. The summed E-state index contributed by atoms with van der Waals surface area (Å²) in [5.74, 6) is 2.49. The Morgan fingerprint density at radius 2 is 0.948 bits per heavy atom. The minimum absolute atomic E-state index is 0.0170. The molecule has 1 amide bonds. The number of aromatic hydroxyl groups is 1. The van der Waals surface area contributed by atoms with E-state index in [9.17, 15) is 28.9 Å². The van der Waals surface area contributed by atoms with Gasteiger partial charge in [0.05, 0.1) is 131 Å². The van der Waals surface area contributed by atoms with Crippen molar-refractivity contribution in [2.45, 2.75) is 111 Å². The number of carbonyl (C=O) groups excluding carboxylic acids is 1. The van der Waals surface area contributed by atoms with E-state index in [0.29, 0.717) is 87.7 Å². The zero-order chi connectivity index (χ0) is 81.2. The van der Waals surface area contributed by atoms with E-state index in [1.54, 1.807) is 124 Å². The van der Waals surface area contributed by atoms with Crippen LogP contribution in [0.25, 0.3) is 51.1 Å². The highest BCUT2D eigenvalue weighted by molar-refractivity contribution is 7.21. The van der Waals surface area contributed by atoms with Crippen molar-refractivity contribution in [2.75, 3.05) is 31.9 Å². The Hall–Kier alpha value is -8.88. The number of ether oxygens (including phenoxy) is 1. The van der Waals surface area contributed by atoms with E-state index in [4.69, 9.17) is 93.2 Å². The molecule has 115 heavy (non-hydrogen) atoms. The number of halogens is 7. The molecule has 23 nitrogen and oxygen atoms in total. The highest BCUT2D eigenvalue weighted by Crippen LogP contribution is 2.45. The number of furan rings is 3. The number of aliphatic hydroxyl groups is 2. The van der Waals surface area contributed by atoms with Crippen molar-refractivity contribution >= 4 is 228 Å². The number of alkyl halides is 2. The second-order valence-corrected chi connectivity index (χ2v) is 34.6. The molecule has 16 aromatic rings. The quantitative estimate of drug-likeness (QED) is 0.0213. The van der Waals surface area contributed by atoms with Crippen molar-refractivity contribution in [1.82, 2.24) is 29.9 Å². The molecule has 0 fully saturated rings. The molecule has 0 aromatic carbocycles. The number of carbonyl (C=O) groups is 1. The molecule has 15 N–H and O–H groups in total. The van der Waals surface area contributed by atoms with Crippen molar-refractivity contribution in [3.05, 3.63) is 240 Å². The van der Waals surface area contributed by atoms with Crippen molar-refractivity contribution in [3.63, 3.8) is 0 Å². The molecule has 16 aromatic heterocycles. The molecule has 0 radical (unpaired) electrons. The molecule has 0 spiro atoms. The van der Waals surface area contributed by atoms with Crippen LogP contribution in [0.3, 0.4) is 0 Å². The van der Waals surface area contributed by atoms with Crippen LogP contribution in [-0.4, -0.2) is 75.9 Å². The van der Waals surface area contributed by atoms with Crippen LogP contribution in [0.2, 0.25) is 25.8 Å². The van der Waals surface area contributed by atoms with E-state index in [1.807, 2.05) is 91.5 Å². The average molecular weight is 1790 g/mol. The van der Waals surface area contributed by atoms with Crippen molar-refractivity contribution in [1.29, 1.82) is 0 Å². The number of aryl methyl sites for hydroxylation is 1. The summed E-state index contributed by atoms with van der Waals surface area (Å²) in [7, 11) is 0. The van der Waals surface area contributed by atoms with Crippen molar-refractivity contribution < 1.29 is 46.9 Å². The molecule has 0 bridgehead atoms. The third-order valence-corrected chi connectivity index (χ3v) is 25.4. The number of hydrogen-bond donors (Lipinski definition) is 12. The third-order valence-electron chi connectivity index (χ3n) is 16.8. The van der Waals surface area contributed by atoms with Crippen LogP contribution in [0.15, 0.2) is 169 Å². The van der Waals surface area contributed by atoms with Gasteiger partial charge in [-0.1, -0.05) is 70.1 Å². The number of nitrogens with one attached hydrogen (secondary N) is 6. The normalized spacial score (nSPS) is 12.0. The highest BCUT2D eigenvalue weighted by Gasteiger charge is 2.25. The number of hydrogen-bond acceptors (Lipinski definition) is 29. The van der Waals surface area contributed by atoms with Crippen LogP contribution >= 0.6 is 137 Å². The summed E-state index contributed by atoms with van der Waals surface area (Å²) in [5, 5.41) is 57.5. The standard InChI is InChI=1S/C21H20ClN5O2S.C16H16ClF2N3OS2.C16H18ClN3O2S.C13H11ClN2O2S.C12H9ClN2OS2/c1-12-17(9-15(23)21(28)26-13-4-6-24-7-5-13)30-20-16(10-18(22)27-19(12)20)25-11-14-3-2-8-29-14;1-8(20)5-11-14(23-16(18)19)13-15(25-11)10(6-12(17)22-13)21-7-9-3-2-4-24-9;1-9(18)5-13-11(8-21)15-16(23-13)12(6-14(17)20-15)19-7-10-3-2-4-22-10;14-11-4-10(15-5-9-2-1-3-18-9)13-12(16-11)8(6-17)7-19-13;13-10-4-8(14-5-7-2-1-3-17-7)12-11(15-10)9(16)6-18-12/h2-8,10,15H,9,11,23H2,1H3,(H,25,27)(H,24,26,28);2-4,6,8,16H,5,7,20H2,1H3,(H,21,22);2-4,6,9,21H,5,7-8,18H2,1H3,(H,19,20);1-4,7,17H,5-6H2,(H,15,16);1-4,6,16H,5H2,(H,14,15)/t15-;8-;9-;;/m100../s1. The van der Waals surface area contributed by atoms with Gasteiger partial charge < -0.3 is 82.4 Å². The summed E-state index contributed by atoms with van der Waals surface area (Å²) in [5.41, 5.74) is 28.7. The molecule has 16 heterocycles. The second kappa shape index (κ2) is 40.8. The zero-order valence-corrected chi connectivity index (χ0v) is 70.7. The van der Waals surface area contributed by atoms with Gasteiger partial charge in [0, 0.05) is 122 Å². The first kappa shape index (κ1) is 85.5. The van der Waals surface area contributed by atoms with Gasteiger partial charge in [-0.05, 0) is 110 Å². The molecule has 16 rings (SSSR count). The first-order valence-electron chi connectivity index (χ1n) is 35.1. The molecule has 3 atom stereocenters. The Balaban J connectivity index is 0.000000134. The van der Waals surface area contributed by atoms with Crippen LogP contribution in [0, 0.1) is 6.92 Å². The number of nitrogens with two attached hydrogens (primary N) is 3. The summed E-state index contributed by atoms with van der Waals surface area (Å²) in [6.45, 7) is 5.70. The lowest BCUT2D eigenvalue weighted by Gasteiger charge is -2.11. The van der Waals surface area contributed by atoms with E-state index in [0.717, 1.165) is 124 Å². The van der Waals surface area contributed by atoms with Gasteiger partial charge in [0.1, 0.15) is 54.1 Å². The minimum atomic E-state index is -2.94. The van der Waals surface area contributed by atoms with Crippen LogP contribution in [0.5, 0.6) is 11.5 Å². The Morgan fingerprint density at radius 3 is 1.43 bits per heavy atom. The number of anilines is 6. The molecule has 0 aliphatic carbocycles. The van der Waals surface area contributed by atoms with E-state index in [-0.39, 0.29) is 47.9 Å². The van der Waals surface area contributed by atoms with Gasteiger partial charge >= 0.3 is 6.61 Å². The lowest BCUT2D eigenvalue weighted by Crippen LogP contribution is -2.37. The predicted molar refractivity (Wildman–Crippen MR) is 469 cm³/mol. The average Bonchev–Trinajstić information content (AvgIpc) is 1.65. The lowest BCUT2D eigenvalue weighted by molar-refractivity contribution is -0.117. The predicted octanol–water partition coefficient (Wildman–Crippen LogP) is 21.0. The topological polar surface area (TPSA) is 354 Å². The number of nitrogens with zero attached hydrogens (tertiary/aromatic N) is 6. The number of aliphatic hydroxyl groups excluding tert-OH is 2. The fourth-order valence-corrected chi connectivity index (χ4v) is 19.6. The number of amides is 1. The van der Waals surface area contributed by atoms with Gasteiger partial charge in [-0.15, -0.1) is 79.4 Å². The molecule has 0 saturated heterocycles. The number of aromatic nitrogens is 6. The lowest BCUT2D eigenvalue weighted by atomic mass is 10.1. The summed E-state index contributed by atoms with van der Waals surface area (Å²) < 4.78 is 51.0. The maximum atomic E-state index is 12.9. The van der Waals surface area contributed by atoms with E-state index in [2.05, 4.69) is 67.9 Å². The van der Waals surface area contributed by atoms with Crippen LogP contribution in [-0.2, 0) is 70.0 Å². The van der Waals surface area contributed by atoms with Crippen LogP contribution < -0.4 is 53.8 Å². The summed E-state index contributed by atoms with van der Waals surface area (Å²) >= 11 is 41.3. The van der Waals surface area contributed by atoms with Crippen LogP contribution in [0.1, 0.15) is 72.2 Å². The Labute approximate surface area is 710 Å². The Bertz CT molecular complexity index is 5820. The molecular weight excluding hydrogens is 1710 g/mol. The molecule has 0 saturated carbocycles. The van der Waals surface area contributed by atoms with E-state index < -0.39 is 12.7 Å². The Morgan fingerprint density at radius 1 is 0.513 bits per heavy atom. The molecule has 0 unspecified atom stereocenters. The molecule has 600 valence electrons. The number of pyridine rings is 6. The monoisotopic (exact) mass is 1790 g/mol. The first-order valence-corrected chi connectivity index (χ1v) is 43.0. The van der Waals surface area contributed by atoms with Gasteiger partial charge in [0.2, 0.25) is 5.91 Å². The maximum Gasteiger partial charge on any atom is 0.387 e. The number of thiophene rings is 7. The number of rotatable bonds is 27. The van der Waals surface area contributed by atoms with Gasteiger partial charge in [0.25, 0.3) is 0 Å². The highest BCUT2D eigenvalue weighted by atomic mass is 35.5. The second-order valence-electron chi connectivity index (χ2n) is 25.5. The van der Waals surface area contributed by atoms with Crippen molar-refractivity contribution in [2.24, 2.45) is 17.2 Å². The Kier molecular flexibility index (Phi) is 30.3. The molecular formula is C78H74Cl5F2N15O8S7. The third kappa shape index (κ3) is 22.9. The SMILES string of the molecule is C[C@H](N)Cc1sc2c(NCc3ccco3)cc(Cl)nc2c1CO.C[C@H](N)Cc1sc2c(NCc3cccs3)cc(Cl)nc2c1OC(F)F.Cc1c(C[C@@H](N)C(=O)Nc2ccncc2)sc2c(NCc3ccco3)cc(Cl)nc12.OCc1csc2c(NCc3ccco3)cc(Cl)nc12.Oc1csc2c(NCc3cccs3)cc(Cl)nc12. The van der Waals surface area contributed by atoms with Gasteiger partial charge in [-0.2, -0.15) is 8.78 Å². The maximum absolute atomic E-state index is 12.9. The zero-order valence-electron chi connectivity index (χ0n) is 61.2. The fraction of sp³-hybridized carbons (Fsp3) is 0.218. The summed E-state index contributed by atoms with van der Waals surface area (Å²) in [6.07, 6.45) is 9.67. The first-order chi connectivity index (χ1) is 55.5. The largest absolute Gasteiger partial charge is 0.505 e. The smallest absolute Gasteiger partial charge is 0.387 e. The molecule has 0 aliphatic heterocycles. The molecule has 37 heteroatoms. The number of fused-ring (bicyclic) bond motifs is 5. The van der Waals surface area contributed by atoms with Gasteiger partial charge in [0.15, 0.2) is 11.5 Å². The van der Waals surface area contributed by atoms with E-state index in [1.165, 1.54) is 38.9 Å². The van der Waals surface area contributed by atoms with Crippen LogP contribution in [0.4, 0.5) is 42.9 Å².